The summed E-state index contributed by atoms with van der Waals surface area (Å²) in [5.41, 5.74) is 2.48. The molecule has 0 saturated heterocycles. The standard InChI is InChI=1S/C21H23NO4/c1-5-22(6-2)16-9-7-15-11-17(21(23)26-19(15)13-16)14-8-10-18(24-3)20(12-14)25-4/h7-13H,5-6H2,1-4H3. The molecule has 0 aliphatic carbocycles. The zero-order valence-corrected chi connectivity index (χ0v) is 15.5. The summed E-state index contributed by atoms with van der Waals surface area (Å²) in [6, 6.07) is 13.2. The molecule has 0 aliphatic rings. The molecule has 0 spiro atoms. The summed E-state index contributed by atoms with van der Waals surface area (Å²) < 4.78 is 16.2. The third kappa shape index (κ3) is 3.25. The van der Waals surface area contributed by atoms with Gasteiger partial charge in [-0.25, -0.2) is 4.79 Å². The molecule has 0 aliphatic heterocycles. The molecule has 0 amide bonds. The Morgan fingerprint density at radius 3 is 2.31 bits per heavy atom. The number of nitrogens with zero attached hydrogens (tertiary/aromatic N) is 1. The average Bonchev–Trinajstić information content (AvgIpc) is 2.67. The number of anilines is 1. The van der Waals surface area contributed by atoms with Crippen LogP contribution < -0.4 is 20.0 Å². The lowest BCUT2D eigenvalue weighted by Gasteiger charge is -2.21. The third-order valence-electron chi connectivity index (χ3n) is 4.54. The smallest absolute Gasteiger partial charge is 0.344 e. The largest absolute Gasteiger partial charge is 0.493 e. The number of hydrogen-bond donors (Lipinski definition) is 0. The van der Waals surface area contributed by atoms with E-state index in [4.69, 9.17) is 13.9 Å². The fourth-order valence-corrected chi connectivity index (χ4v) is 3.09. The molecule has 3 rings (SSSR count). The first-order valence-electron chi connectivity index (χ1n) is 8.66. The van der Waals surface area contributed by atoms with E-state index in [9.17, 15) is 4.79 Å². The van der Waals surface area contributed by atoms with Gasteiger partial charge in [0.05, 0.1) is 19.8 Å². The highest BCUT2D eigenvalue weighted by Gasteiger charge is 2.12. The van der Waals surface area contributed by atoms with Crippen molar-refractivity contribution in [1.82, 2.24) is 0 Å². The Balaban J connectivity index is 2.10. The normalized spacial score (nSPS) is 10.8. The predicted octanol–water partition coefficient (Wildman–Crippen LogP) is 4.32. The molecule has 0 fully saturated rings. The number of rotatable bonds is 6. The molecule has 0 saturated carbocycles. The van der Waals surface area contributed by atoms with Gasteiger partial charge >= 0.3 is 5.63 Å². The maximum absolute atomic E-state index is 12.6. The van der Waals surface area contributed by atoms with Crippen molar-refractivity contribution in [3.05, 3.63) is 52.9 Å². The van der Waals surface area contributed by atoms with Crippen molar-refractivity contribution in [2.45, 2.75) is 13.8 Å². The van der Waals surface area contributed by atoms with Gasteiger partial charge in [0.25, 0.3) is 0 Å². The van der Waals surface area contributed by atoms with E-state index in [1.54, 1.807) is 26.4 Å². The molecule has 5 nitrogen and oxygen atoms in total. The van der Waals surface area contributed by atoms with Crippen LogP contribution in [0.15, 0.2) is 51.7 Å². The van der Waals surface area contributed by atoms with Crippen LogP contribution in [0.3, 0.4) is 0 Å². The number of ether oxygens (including phenoxy) is 2. The van der Waals surface area contributed by atoms with Crippen molar-refractivity contribution in [2.75, 3.05) is 32.2 Å². The molecule has 0 bridgehead atoms. The summed E-state index contributed by atoms with van der Waals surface area (Å²) in [4.78, 5) is 14.8. The van der Waals surface area contributed by atoms with Crippen LogP contribution in [0.25, 0.3) is 22.1 Å². The van der Waals surface area contributed by atoms with Crippen molar-refractivity contribution < 1.29 is 13.9 Å². The molecule has 1 aromatic heterocycles. The SMILES string of the molecule is CCN(CC)c1ccc2cc(-c3ccc(OC)c(OC)c3)c(=O)oc2c1. The zero-order chi connectivity index (χ0) is 18.7. The molecule has 5 heteroatoms. The molecular formula is C21H23NO4. The molecule has 3 aromatic rings. The average molecular weight is 353 g/mol. The highest BCUT2D eigenvalue weighted by atomic mass is 16.5. The van der Waals surface area contributed by atoms with Crippen molar-refractivity contribution in [3.8, 4) is 22.6 Å². The minimum Gasteiger partial charge on any atom is -0.493 e. The van der Waals surface area contributed by atoms with Crippen LogP contribution in [0.2, 0.25) is 0 Å². The number of benzene rings is 2. The second kappa shape index (κ2) is 7.52. The Morgan fingerprint density at radius 2 is 1.65 bits per heavy atom. The van der Waals surface area contributed by atoms with Crippen LogP contribution >= 0.6 is 0 Å². The molecule has 0 radical (unpaired) electrons. The highest BCUT2D eigenvalue weighted by Crippen LogP contribution is 2.32. The number of fused-ring (bicyclic) bond motifs is 1. The Kier molecular flexibility index (Phi) is 5.16. The monoisotopic (exact) mass is 353 g/mol. The zero-order valence-electron chi connectivity index (χ0n) is 15.5. The molecule has 26 heavy (non-hydrogen) atoms. The van der Waals surface area contributed by atoms with Crippen LogP contribution in [-0.4, -0.2) is 27.3 Å². The Morgan fingerprint density at radius 1 is 0.923 bits per heavy atom. The molecule has 2 aromatic carbocycles. The lowest BCUT2D eigenvalue weighted by atomic mass is 10.0. The van der Waals surface area contributed by atoms with Gasteiger partial charge in [0.1, 0.15) is 5.58 Å². The topological polar surface area (TPSA) is 51.9 Å². The van der Waals surface area contributed by atoms with E-state index in [0.717, 1.165) is 29.7 Å². The van der Waals surface area contributed by atoms with E-state index in [0.29, 0.717) is 22.6 Å². The van der Waals surface area contributed by atoms with Gasteiger partial charge < -0.3 is 18.8 Å². The first-order valence-corrected chi connectivity index (χ1v) is 8.66. The van der Waals surface area contributed by atoms with Crippen LogP contribution in [0, 0.1) is 0 Å². The van der Waals surface area contributed by atoms with Gasteiger partial charge in [-0.1, -0.05) is 6.07 Å². The predicted molar refractivity (Wildman–Crippen MR) is 105 cm³/mol. The summed E-state index contributed by atoms with van der Waals surface area (Å²) in [6.45, 7) is 6.00. The molecular weight excluding hydrogens is 330 g/mol. The summed E-state index contributed by atoms with van der Waals surface area (Å²) >= 11 is 0. The fraction of sp³-hybridized carbons (Fsp3) is 0.286. The third-order valence-corrected chi connectivity index (χ3v) is 4.54. The first kappa shape index (κ1) is 17.9. The first-order chi connectivity index (χ1) is 12.6. The Bertz CT molecular complexity index is 973. The fourth-order valence-electron chi connectivity index (χ4n) is 3.09. The van der Waals surface area contributed by atoms with E-state index in [1.165, 1.54) is 0 Å². The summed E-state index contributed by atoms with van der Waals surface area (Å²) in [7, 11) is 3.15. The Hall–Kier alpha value is -2.95. The molecule has 136 valence electrons. The van der Waals surface area contributed by atoms with Gasteiger partial charge in [-0.15, -0.1) is 0 Å². The lowest BCUT2D eigenvalue weighted by Crippen LogP contribution is -2.21. The summed E-state index contributed by atoms with van der Waals surface area (Å²) in [5, 5.41) is 0.880. The van der Waals surface area contributed by atoms with Crippen molar-refractivity contribution in [2.24, 2.45) is 0 Å². The van der Waals surface area contributed by atoms with Crippen LogP contribution in [0.5, 0.6) is 11.5 Å². The van der Waals surface area contributed by atoms with Gasteiger partial charge in [-0.2, -0.15) is 0 Å². The molecule has 0 atom stereocenters. The highest BCUT2D eigenvalue weighted by molar-refractivity contribution is 5.84. The van der Waals surface area contributed by atoms with E-state index in [-0.39, 0.29) is 5.63 Å². The van der Waals surface area contributed by atoms with E-state index in [2.05, 4.69) is 18.7 Å². The van der Waals surface area contributed by atoms with Gasteiger partial charge in [0, 0.05) is 30.2 Å². The maximum atomic E-state index is 12.6. The van der Waals surface area contributed by atoms with Crippen molar-refractivity contribution in [1.29, 1.82) is 0 Å². The Labute approximate surface area is 152 Å². The van der Waals surface area contributed by atoms with E-state index < -0.39 is 0 Å². The van der Waals surface area contributed by atoms with E-state index >= 15 is 0 Å². The number of methoxy groups -OCH3 is 2. The van der Waals surface area contributed by atoms with Crippen molar-refractivity contribution >= 4 is 16.7 Å². The van der Waals surface area contributed by atoms with Gasteiger partial charge in [-0.3, -0.25) is 0 Å². The van der Waals surface area contributed by atoms with Crippen LogP contribution in [0.1, 0.15) is 13.8 Å². The maximum Gasteiger partial charge on any atom is 0.344 e. The van der Waals surface area contributed by atoms with Gasteiger partial charge in [0.15, 0.2) is 11.5 Å². The summed E-state index contributed by atoms with van der Waals surface area (Å²) in [6.07, 6.45) is 0. The van der Waals surface area contributed by atoms with E-state index in [1.807, 2.05) is 30.3 Å². The molecule has 1 heterocycles. The minimum absolute atomic E-state index is 0.374. The van der Waals surface area contributed by atoms with Crippen LogP contribution in [0.4, 0.5) is 5.69 Å². The lowest BCUT2D eigenvalue weighted by molar-refractivity contribution is 0.355. The van der Waals surface area contributed by atoms with Gasteiger partial charge in [0.2, 0.25) is 0 Å². The second-order valence-electron chi connectivity index (χ2n) is 5.91. The number of hydrogen-bond acceptors (Lipinski definition) is 5. The van der Waals surface area contributed by atoms with Crippen LogP contribution in [-0.2, 0) is 0 Å². The van der Waals surface area contributed by atoms with Crippen molar-refractivity contribution in [3.63, 3.8) is 0 Å². The quantitative estimate of drug-likeness (QED) is 0.618. The second-order valence-corrected chi connectivity index (χ2v) is 5.91. The molecule has 0 N–H and O–H groups in total. The molecule has 0 unspecified atom stereocenters. The summed E-state index contributed by atoms with van der Waals surface area (Å²) in [5.74, 6) is 1.19. The van der Waals surface area contributed by atoms with Gasteiger partial charge in [-0.05, 0) is 49.7 Å². The minimum atomic E-state index is -0.374.